The van der Waals surface area contributed by atoms with Crippen LogP contribution < -0.4 is 0 Å². The number of aliphatic hydroxyl groups excluding tert-OH is 4. The molecule has 4 unspecified atom stereocenters. The van der Waals surface area contributed by atoms with Crippen LogP contribution in [0.15, 0.2) is 4.99 Å². The van der Waals surface area contributed by atoms with E-state index < -0.39 is 24.4 Å². The first-order chi connectivity index (χ1) is 5.16. The Kier molecular flexibility index (Phi) is 2.56. The second-order valence-electron chi connectivity index (χ2n) is 2.52. The van der Waals surface area contributed by atoms with E-state index in [0.717, 1.165) is 6.21 Å². The average Bonchev–Trinajstić information content (AvgIpc) is 2.01. The minimum Gasteiger partial charge on any atom is -0.394 e. The third kappa shape index (κ3) is 1.57. The molecule has 5 nitrogen and oxygen atoms in total. The van der Waals surface area contributed by atoms with Crippen molar-refractivity contribution in [2.24, 2.45) is 4.99 Å². The number of aliphatic imine (C=N–C) groups is 1. The molecule has 0 aromatic carbocycles. The number of nitrogens with zero attached hydrogens (tertiary/aromatic N) is 1. The Labute approximate surface area is 63.6 Å². The van der Waals surface area contributed by atoms with E-state index in [-0.39, 0.29) is 6.61 Å². The summed E-state index contributed by atoms with van der Waals surface area (Å²) in [7, 11) is 0. The summed E-state index contributed by atoms with van der Waals surface area (Å²) >= 11 is 0. The summed E-state index contributed by atoms with van der Waals surface area (Å²) in [4.78, 5) is 3.63. The van der Waals surface area contributed by atoms with Gasteiger partial charge in [0.1, 0.15) is 24.4 Å². The van der Waals surface area contributed by atoms with Crippen LogP contribution in [0.1, 0.15) is 0 Å². The fourth-order valence-electron chi connectivity index (χ4n) is 0.960. The molecule has 0 radical (unpaired) electrons. The number of aliphatic hydroxyl groups is 4. The molecule has 1 aliphatic rings. The van der Waals surface area contributed by atoms with Gasteiger partial charge in [-0.3, -0.25) is 4.99 Å². The van der Waals surface area contributed by atoms with Gasteiger partial charge in [0, 0.05) is 6.21 Å². The van der Waals surface area contributed by atoms with E-state index in [2.05, 4.69) is 4.99 Å². The first-order valence-corrected chi connectivity index (χ1v) is 3.35. The summed E-state index contributed by atoms with van der Waals surface area (Å²) in [5.74, 6) is 0. The van der Waals surface area contributed by atoms with Crippen molar-refractivity contribution in [3.8, 4) is 0 Å². The van der Waals surface area contributed by atoms with Crippen LogP contribution in [0.2, 0.25) is 0 Å². The monoisotopic (exact) mass is 161 g/mol. The lowest BCUT2D eigenvalue weighted by molar-refractivity contribution is -0.0564. The van der Waals surface area contributed by atoms with E-state index in [9.17, 15) is 0 Å². The molecule has 0 fully saturated rings. The van der Waals surface area contributed by atoms with Crippen molar-refractivity contribution in [1.82, 2.24) is 0 Å². The van der Waals surface area contributed by atoms with Crippen LogP contribution in [0, 0.1) is 0 Å². The van der Waals surface area contributed by atoms with Crippen LogP contribution in [0.25, 0.3) is 0 Å². The van der Waals surface area contributed by atoms with Crippen molar-refractivity contribution >= 4 is 6.21 Å². The fraction of sp³-hybridized carbons (Fsp3) is 0.833. The fourth-order valence-corrected chi connectivity index (χ4v) is 0.960. The maximum Gasteiger partial charge on any atom is 0.117 e. The van der Waals surface area contributed by atoms with Gasteiger partial charge >= 0.3 is 0 Å². The highest BCUT2D eigenvalue weighted by Crippen LogP contribution is 2.11. The van der Waals surface area contributed by atoms with Gasteiger partial charge in [-0.25, -0.2) is 0 Å². The topological polar surface area (TPSA) is 93.3 Å². The molecule has 4 N–H and O–H groups in total. The summed E-state index contributed by atoms with van der Waals surface area (Å²) in [6.45, 7) is -0.332. The second-order valence-corrected chi connectivity index (χ2v) is 2.52. The molecule has 0 saturated carbocycles. The average molecular weight is 161 g/mol. The van der Waals surface area contributed by atoms with Gasteiger partial charge in [-0.1, -0.05) is 0 Å². The normalized spacial score (nSPS) is 44.4. The Morgan fingerprint density at radius 2 is 1.82 bits per heavy atom. The Morgan fingerprint density at radius 3 is 2.36 bits per heavy atom. The Morgan fingerprint density at radius 1 is 1.18 bits per heavy atom. The van der Waals surface area contributed by atoms with E-state index in [4.69, 9.17) is 20.4 Å². The smallest absolute Gasteiger partial charge is 0.117 e. The molecular weight excluding hydrogens is 150 g/mol. The van der Waals surface area contributed by atoms with Crippen molar-refractivity contribution in [3.05, 3.63) is 0 Å². The number of rotatable bonds is 1. The lowest BCUT2D eigenvalue weighted by Crippen LogP contribution is -2.49. The van der Waals surface area contributed by atoms with Crippen molar-refractivity contribution in [3.63, 3.8) is 0 Å². The van der Waals surface area contributed by atoms with Crippen LogP contribution in [0.4, 0.5) is 0 Å². The van der Waals surface area contributed by atoms with Crippen molar-refractivity contribution in [2.45, 2.75) is 24.4 Å². The van der Waals surface area contributed by atoms with E-state index in [1.54, 1.807) is 0 Å². The van der Waals surface area contributed by atoms with Gasteiger partial charge in [0.15, 0.2) is 0 Å². The zero-order valence-corrected chi connectivity index (χ0v) is 5.83. The van der Waals surface area contributed by atoms with E-state index in [1.807, 2.05) is 0 Å². The maximum absolute atomic E-state index is 9.12. The summed E-state index contributed by atoms with van der Waals surface area (Å²) in [5, 5.41) is 35.7. The number of hydrogen-bond donors (Lipinski definition) is 4. The van der Waals surface area contributed by atoms with Crippen molar-refractivity contribution in [2.75, 3.05) is 6.61 Å². The van der Waals surface area contributed by atoms with Crippen LogP contribution in [-0.4, -0.2) is 57.6 Å². The summed E-state index contributed by atoms with van der Waals surface area (Å²) < 4.78 is 0. The van der Waals surface area contributed by atoms with E-state index >= 15 is 0 Å². The van der Waals surface area contributed by atoms with Crippen LogP contribution >= 0.6 is 0 Å². The second kappa shape index (κ2) is 3.27. The predicted molar refractivity (Wildman–Crippen MR) is 37.4 cm³/mol. The van der Waals surface area contributed by atoms with E-state index in [1.165, 1.54) is 0 Å². The lowest BCUT2D eigenvalue weighted by atomic mass is 9.99. The van der Waals surface area contributed by atoms with Crippen LogP contribution in [0.3, 0.4) is 0 Å². The Bertz CT molecular complexity index is 161. The van der Waals surface area contributed by atoms with Gasteiger partial charge in [0.05, 0.1) is 6.61 Å². The molecule has 5 heteroatoms. The minimum absolute atomic E-state index is 0.332. The molecule has 1 heterocycles. The quantitative estimate of drug-likeness (QED) is 0.342. The first kappa shape index (κ1) is 8.61. The molecule has 0 bridgehead atoms. The summed E-state index contributed by atoms with van der Waals surface area (Å²) in [5.41, 5.74) is 0. The molecule has 0 amide bonds. The molecular formula is C6H11NO4. The third-order valence-electron chi connectivity index (χ3n) is 1.71. The molecule has 0 aromatic heterocycles. The molecule has 0 spiro atoms. The standard InChI is InChI=1S/C6H11NO4/c8-2-3-5(10)6(11)4(9)1-7-3/h1,3-6,8-11H,2H2. The Balaban J connectivity index is 2.68. The highest BCUT2D eigenvalue weighted by molar-refractivity contribution is 5.65. The van der Waals surface area contributed by atoms with Gasteiger partial charge in [-0.15, -0.1) is 0 Å². The van der Waals surface area contributed by atoms with Gasteiger partial charge in [-0.05, 0) is 0 Å². The molecule has 4 atom stereocenters. The molecule has 11 heavy (non-hydrogen) atoms. The first-order valence-electron chi connectivity index (χ1n) is 3.35. The number of hydrogen-bond acceptors (Lipinski definition) is 5. The summed E-state index contributed by atoms with van der Waals surface area (Å²) in [6, 6.07) is -0.714. The van der Waals surface area contributed by atoms with Crippen LogP contribution in [0.5, 0.6) is 0 Å². The SMILES string of the molecule is OCC1N=CC(O)C(O)C1O. The molecule has 0 aliphatic carbocycles. The molecule has 0 aromatic rings. The van der Waals surface area contributed by atoms with Crippen molar-refractivity contribution < 1.29 is 20.4 Å². The molecule has 0 saturated heterocycles. The largest absolute Gasteiger partial charge is 0.394 e. The Hall–Kier alpha value is -0.490. The lowest BCUT2D eigenvalue weighted by Gasteiger charge is -2.28. The predicted octanol–water partition coefficient (Wildman–Crippen LogP) is -2.49. The van der Waals surface area contributed by atoms with Gasteiger partial charge in [-0.2, -0.15) is 0 Å². The zero-order valence-electron chi connectivity index (χ0n) is 5.83. The minimum atomic E-state index is -1.25. The van der Waals surface area contributed by atoms with Gasteiger partial charge in [0.2, 0.25) is 0 Å². The highest BCUT2D eigenvalue weighted by atomic mass is 16.4. The molecule has 1 rings (SSSR count). The van der Waals surface area contributed by atoms with Gasteiger partial charge < -0.3 is 20.4 Å². The summed E-state index contributed by atoms with van der Waals surface area (Å²) in [6.07, 6.45) is -2.43. The maximum atomic E-state index is 9.12. The van der Waals surface area contributed by atoms with Gasteiger partial charge in [0.25, 0.3) is 0 Å². The molecule has 64 valence electrons. The molecule has 1 aliphatic heterocycles. The highest BCUT2D eigenvalue weighted by Gasteiger charge is 2.33. The van der Waals surface area contributed by atoms with E-state index in [0.29, 0.717) is 0 Å². The zero-order chi connectivity index (χ0) is 8.43. The third-order valence-corrected chi connectivity index (χ3v) is 1.71. The van der Waals surface area contributed by atoms with Crippen LogP contribution in [-0.2, 0) is 0 Å². The van der Waals surface area contributed by atoms with Crippen molar-refractivity contribution in [1.29, 1.82) is 0 Å².